The van der Waals surface area contributed by atoms with Gasteiger partial charge in [0.15, 0.2) is 18.1 Å². The summed E-state index contributed by atoms with van der Waals surface area (Å²) in [5.41, 5.74) is 0.786. The molecule has 1 amide bonds. The normalized spacial score (nSPS) is 10.7. The maximum atomic E-state index is 12.5. The summed E-state index contributed by atoms with van der Waals surface area (Å²) in [7, 11) is 0. The van der Waals surface area contributed by atoms with Crippen molar-refractivity contribution in [1.29, 1.82) is 5.26 Å². The molecule has 0 spiro atoms. The zero-order chi connectivity index (χ0) is 22.8. The number of para-hydroxylation sites is 1. The molecular formula is C22H20BrClN2O5. The lowest BCUT2D eigenvalue weighted by Crippen LogP contribution is -2.15. The summed E-state index contributed by atoms with van der Waals surface area (Å²) in [5.74, 6) is -0.460. The van der Waals surface area contributed by atoms with Gasteiger partial charge in [0, 0.05) is 0 Å². The Hall–Kier alpha value is -3.02. The highest BCUT2D eigenvalue weighted by Crippen LogP contribution is 2.37. The van der Waals surface area contributed by atoms with E-state index in [0.717, 1.165) is 0 Å². The number of esters is 1. The Labute approximate surface area is 193 Å². The number of ether oxygens (including phenoxy) is 3. The first kappa shape index (κ1) is 24.3. The number of carbonyl (C=O) groups excluding carboxylic acids is 2. The molecule has 0 aliphatic rings. The van der Waals surface area contributed by atoms with Crippen LogP contribution >= 0.6 is 27.5 Å². The van der Waals surface area contributed by atoms with Crippen molar-refractivity contribution in [1.82, 2.24) is 0 Å². The first-order valence-electron chi connectivity index (χ1n) is 9.32. The third-order valence-corrected chi connectivity index (χ3v) is 4.69. The molecule has 162 valence electrons. The van der Waals surface area contributed by atoms with Crippen LogP contribution in [0.1, 0.15) is 19.4 Å². The number of rotatable bonds is 9. The molecule has 0 unspecified atom stereocenters. The fraction of sp³-hybridized carbons (Fsp3) is 0.227. The van der Waals surface area contributed by atoms with E-state index < -0.39 is 11.9 Å². The van der Waals surface area contributed by atoms with Gasteiger partial charge in [0.25, 0.3) is 5.91 Å². The van der Waals surface area contributed by atoms with E-state index >= 15 is 0 Å². The van der Waals surface area contributed by atoms with Crippen molar-refractivity contribution < 1.29 is 23.8 Å². The lowest BCUT2D eigenvalue weighted by Gasteiger charge is -2.14. The zero-order valence-electron chi connectivity index (χ0n) is 16.9. The van der Waals surface area contributed by atoms with Crippen molar-refractivity contribution in [3.63, 3.8) is 0 Å². The predicted octanol–water partition coefficient (Wildman–Crippen LogP) is 4.99. The minimum atomic E-state index is -0.604. The topological polar surface area (TPSA) is 97.7 Å². The van der Waals surface area contributed by atoms with Crippen molar-refractivity contribution in [3.8, 4) is 17.6 Å². The van der Waals surface area contributed by atoms with Gasteiger partial charge in [-0.05, 0) is 65.7 Å². The number of hydrogen-bond donors (Lipinski definition) is 1. The highest BCUT2D eigenvalue weighted by molar-refractivity contribution is 9.10. The van der Waals surface area contributed by atoms with Gasteiger partial charge < -0.3 is 19.5 Å². The van der Waals surface area contributed by atoms with Crippen LogP contribution in [0.3, 0.4) is 0 Å². The van der Waals surface area contributed by atoms with Crippen LogP contribution in [0.25, 0.3) is 6.08 Å². The first-order chi connectivity index (χ1) is 14.9. The van der Waals surface area contributed by atoms with E-state index in [2.05, 4.69) is 21.2 Å². The van der Waals surface area contributed by atoms with Crippen molar-refractivity contribution in [3.05, 3.63) is 57.0 Å². The van der Waals surface area contributed by atoms with Crippen LogP contribution in [0.5, 0.6) is 11.5 Å². The number of anilines is 1. The molecule has 0 aliphatic carbocycles. The number of nitrogens with zero attached hydrogens (tertiary/aromatic N) is 1. The molecule has 0 heterocycles. The van der Waals surface area contributed by atoms with Crippen LogP contribution in [-0.4, -0.2) is 31.7 Å². The van der Waals surface area contributed by atoms with Crippen LogP contribution in [0.15, 0.2) is 46.4 Å². The SMILES string of the molecule is CCOC(=O)COc1c(Br)cc(/C=C(\C#N)C(=O)Nc2ccccc2Cl)cc1OCC. The van der Waals surface area contributed by atoms with Gasteiger partial charge in [-0.1, -0.05) is 23.7 Å². The zero-order valence-corrected chi connectivity index (χ0v) is 19.2. The summed E-state index contributed by atoms with van der Waals surface area (Å²) < 4.78 is 16.5. The Kier molecular flexibility index (Phi) is 9.38. The Balaban J connectivity index is 2.30. The van der Waals surface area contributed by atoms with Crippen molar-refractivity contribution in [2.45, 2.75) is 13.8 Å². The van der Waals surface area contributed by atoms with Crippen molar-refractivity contribution in [2.75, 3.05) is 25.1 Å². The minimum absolute atomic E-state index is 0.130. The van der Waals surface area contributed by atoms with Gasteiger partial charge in [0.05, 0.1) is 28.4 Å². The van der Waals surface area contributed by atoms with Crippen molar-refractivity contribution >= 4 is 51.2 Å². The molecule has 0 aliphatic heterocycles. The fourth-order valence-electron chi connectivity index (χ4n) is 2.48. The fourth-order valence-corrected chi connectivity index (χ4v) is 3.23. The highest BCUT2D eigenvalue weighted by atomic mass is 79.9. The number of nitrogens with one attached hydrogen (secondary N) is 1. The second-order valence-electron chi connectivity index (χ2n) is 5.96. The number of benzene rings is 2. The van der Waals surface area contributed by atoms with Gasteiger partial charge in [-0.3, -0.25) is 4.79 Å². The number of hydrogen-bond acceptors (Lipinski definition) is 6. The van der Waals surface area contributed by atoms with E-state index in [9.17, 15) is 14.9 Å². The average molecular weight is 508 g/mol. The smallest absolute Gasteiger partial charge is 0.344 e. The van der Waals surface area contributed by atoms with E-state index in [1.165, 1.54) is 6.08 Å². The number of halogens is 2. The summed E-state index contributed by atoms with van der Waals surface area (Å²) in [5, 5.41) is 12.4. The van der Waals surface area contributed by atoms with E-state index in [0.29, 0.717) is 38.9 Å². The lowest BCUT2D eigenvalue weighted by molar-refractivity contribution is -0.145. The second-order valence-corrected chi connectivity index (χ2v) is 7.22. The summed E-state index contributed by atoms with van der Waals surface area (Å²) in [4.78, 5) is 24.1. The second kappa shape index (κ2) is 12.0. The molecule has 0 saturated carbocycles. The molecule has 2 aromatic carbocycles. The van der Waals surface area contributed by atoms with Gasteiger partial charge in [-0.25, -0.2) is 4.79 Å². The van der Waals surface area contributed by atoms with E-state index in [-0.39, 0.29) is 18.8 Å². The Morgan fingerprint density at radius 1 is 1.19 bits per heavy atom. The highest BCUT2D eigenvalue weighted by Gasteiger charge is 2.16. The molecule has 2 aromatic rings. The summed E-state index contributed by atoms with van der Waals surface area (Å²) in [6.07, 6.45) is 1.41. The summed E-state index contributed by atoms with van der Waals surface area (Å²) in [6, 6.07) is 11.9. The Bertz CT molecular complexity index is 1030. The van der Waals surface area contributed by atoms with Gasteiger partial charge >= 0.3 is 5.97 Å². The van der Waals surface area contributed by atoms with Gasteiger partial charge in [0.2, 0.25) is 0 Å². The summed E-state index contributed by atoms with van der Waals surface area (Å²) >= 11 is 9.44. The molecule has 0 fully saturated rings. The van der Waals surface area contributed by atoms with Gasteiger partial charge in [-0.2, -0.15) is 5.26 Å². The molecule has 2 rings (SSSR count). The Morgan fingerprint density at radius 2 is 1.94 bits per heavy atom. The maximum absolute atomic E-state index is 12.5. The lowest BCUT2D eigenvalue weighted by atomic mass is 10.1. The van der Waals surface area contributed by atoms with Crippen LogP contribution < -0.4 is 14.8 Å². The Morgan fingerprint density at radius 3 is 2.58 bits per heavy atom. The van der Waals surface area contributed by atoms with Gasteiger partial charge in [0.1, 0.15) is 11.6 Å². The molecule has 1 N–H and O–H groups in total. The van der Waals surface area contributed by atoms with E-state index in [4.69, 9.17) is 25.8 Å². The van der Waals surface area contributed by atoms with Crippen LogP contribution in [0.4, 0.5) is 5.69 Å². The molecule has 0 aromatic heterocycles. The third kappa shape index (κ3) is 7.02. The number of carbonyl (C=O) groups is 2. The number of amides is 1. The largest absolute Gasteiger partial charge is 0.490 e. The third-order valence-electron chi connectivity index (χ3n) is 3.77. The minimum Gasteiger partial charge on any atom is -0.490 e. The average Bonchev–Trinajstić information content (AvgIpc) is 2.73. The van der Waals surface area contributed by atoms with Crippen LogP contribution in [0, 0.1) is 11.3 Å². The van der Waals surface area contributed by atoms with Crippen LogP contribution in [-0.2, 0) is 14.3 Å². The van der Waals surface area contributed by atoms with Crippen molar-refractivity contribution in [2.24, 2.45) is 0 Å². The van der Waals surface area contributed by atoms with Crippen LogP contribution in [0.2, 0.25) is 5.02 Å². The monoisotopic (exact) mass is 506 g/mol. The van der Waals surface area contributed by atoms with E-state index in [1.54, 1.807) is 50.2 Å². The van der Waals surface area contributed by atoms with Gasteiger partial charge in [-0.15, -0.1) is 0 Å². The standard InChI is InChI=1S/C22H20BrClN2O5/c1-3-29-19-11-14(10-16(23)21(19)31-13-20(27)30-4-2)9-15(12-25)22(28)26-18-8-6-5-7-17(18)24/h5-11H,3-4,13H2,1-2H3,(H,26,28)/b15-9+. The molecule has 31 heavy (non-hydrogen) atoms. The molecule has 0 saturated heterocycles. The molecule has 0 atom stereocenters. The van der Waals surface area contributed by atoms with E-state index in [1.807, 2.05) is 6.07 Å². The number of nitriles is 1. The molecule has 7 nitrogen and oxygen atoms in total. The molecule has 0 radical (unpaired) electrons. The predicted molar refractivity (Wildman–Crippen MR) is 121 cm³/mol. The summed E-state index contributed by atoms with van der Waals surface area (Å²) in [6.45, 7) is 3.80. The first-order valence-corrected chi connectivity index (χ1v) is 10.5. The molecular weight excluding hydrogens is 488 g/mol. The molecule has 0 bridgehead atoms. The maximum Gasteiger partial charge on any atom is 0.344 e. The quantitative estimate of drug-likeness (QED) is 0.292. The molecule has 9 heteroatoms.